The topological polar surface area (TPSA) is 33.2 Å². The number of nitrogens with zero attached hydrogens (tertiary/aromatic N) is 2. The van der Waals surface area contributed by atoms with Crippen LogP contribution >= 0.6 is 15.9 Å². The summed E-state index contributed by atoms with van der Waals surface area (Å²) in [6, 6.07) is 9.42. The van der Waals surface area contributed by atoms with Gasteiger partial charge in [0.2, 0.25) is 0 Å². The van der Waals surface area contributed by atoms with E-state index in [4.69, 9.17) is 0 Å². The van der Waals surface area contributed by atoms with Crippen LogP contribution in [0.2, 0.25) is 0 Å². The average Bonchev–Trinajstić information content (AvgIpc) is 2.38. The van der Waals surface area contributed by atoms with Gasteiger partial charge in [0, 0.05) is 17.7 Å². The summed E-state index contributed by atoms with van der Waals surface area (Å²) in [5.74, 6) is -0.793. The van der Waals surface area contributed by atoms with Crippen LogP contribution < -0.4 is 4.90 Å². The number of benzene rings is 1. The summed E-state index contributed by atoms with van der Waals surface area (Å²) >= 11 is 3.24. The molecule has 92 valence electrons. The Hall–Kier alpha value is -1.75. The molecule has 1 aromatic carbocycles. The molecule has 0 aliphatic heterocycles. The highest BCUT2D eigenvalue weighted by molar-refractivity contribution is 9.10. The van der Waals surface area contributed by atoms with Gasteiger partial charge >= 0.3 is 0 Å². The van der Waals surface area contributed by atoms with Gasteiger partial charge in [-0.2, -0.15) is 0 Å². The maximum absolute atomic E-state index is 13.6. The Morgan fingerprint density at radius 2 is 2.00 bits per heavy atom. The van der Waals surface area contributed by atoms with Gasteiger partial charge in [-0.1, -0.05) is 12.1 Å². The molecule has 0 fully saturated rings. The normalized spacial score (nSPS) is 10.2. The van der Waals surface area contributed by atoms with E-state index in [-0.39, 0.29) is 17.3 Å². The van der Waals surface area contributed by atoms with Gasteiger partial charge in [0.05, 0.1) is 5.69 Å². The van der Waals surface area contributed by atoms with Crippen molar-refractivity contribution in [3.05, 3.63) is 58.6 Å². The second kappa shape index (κ2) is 5.27. The van der Waals surface area contributed by atoms with Crippen LogP contribution in [0.1, 0.15) is 10.5 Å². The van der Waals surface area contributed by atoms with Gasteiger partial charge in [0.15, 0.2) is 0 Å². The molecule has 0 saturated heterocycles. The first-order valence-electron chi connectivity index (χ1n) is 5.24. The van der Waals surface area contributed by atoms with Crippen molar-refractivity contribution in [3.63, 3.8) is 0 Å². The number of halogens is 2. The lowest BCUT2D eigenvalue weighted by molar-refractivity contribution is 0.0987. The minimum absolute atomic E-state index is 0.229. The predicted molar refractivity (Wildman–Crippen MR) is 71.1 cm³/mol. The number of para-hydroxylation sites is 1. The molecule has 0 spiro atoms. The quantitative estimate of drug-likeness (QED) is 0.853. The maximum atomic E-state index is 13.6. The van der Waals surface area contributed by atoms with Crippen LogP contribution in [0.15, 0.2) is 47.1 Å². The highest BCUT2D eigenvalue weighted by Crippen LogP contribution is 2.19. The van der Waals surface area contributed by atoms with Gasteiger partial charge in [-0.25, -0.2) is 9.37 Å². The first kappa shape index (κ1) is 12.7. The van der Waals surface area contributed by atoms with E-state index in [9.17, 15) is 9.18 Å². The third kappa shape index (κ3) is 2.56. The molecule has 0 aliphatic rings. The van der Waals surface area contributed by atoms with Crippen molar-refractivity contribution in [2.75, 3.05) is 11.9 Å². The van der Waals surface area contributed by atoms with Crippen LogP contribution in [-0.2, 0) is 0 Å². The first-order chi connectivity index (χ1) is 8.59. The van der Waals surface area contributed by atoms with Gasteiger partial charge in [-0.15, -0.1) is 0 Å². The van der Waals surface area contributed by atoms with Crippen LogP contribution in [0, 0.1) is 5.82 Å². The van der Waals surface area contributed by atoms with Crippen molar-refractivity contribution < 1.29 is 9.18 Å². The van der Waals surface area contributed by atoms with E-state index in [2.05, 4.69) is 20.9 Å². The van der Waals surface area contributed by atoms with Gasteiger partial charge in [0.1, 0.15) is 11.5 Å². The molecule has 5 heteroatoms. The van der Waals surface area contributed by atoms with E-state index < -0.39 is 5.82 Å². The van der Waals surface area contributed by atoms with E-state index in [1.165, 1.54) is 24.2 Å². The van der Waals surface area contributed by atoms with Crippen LogP contribution in [-0.4, -0.2) is 17.9 Å². The number of carbonyl (C=O) groups is 1. The number of rotatable bonds is 2. The second-order valence-corrected chi connectivity index (χ2v) is 4.59. The lowest BCUT2D eigenvalue weighted by Crippen LogP contribution is -2.27. The van der Waals surface area contributed by atoms with Crippen molar-refractivity contribution in [1.29, 1.82) is 0 Å². The summed E-state index contributed by atoms with van der Waals surface area (Å²) in [7, 11) is 1.52. The van der Waals surface area contributed by atoms with E-state index in [1.54, 1.807) is 30.3 Å². The van der Waals surface area contributed by atoms with Gasteiger partial charge in [-0.3, -0.25) is 4.79 Å². The van der Waals surface area contributed by atoms with Crippen LogP contribution in [0.3, 0.4) is 0 Å². The molecule has 0 atom stereocenters. The molecular formula is C13H10BrFN2O. The Morgan fingerprint density at radius 1 is 1.28 bits per heavy atom. The average molecular weight is 309 g/mol. The highest BCUT2D eigenvalue weighted by Gasteiger charge is 2.17. The Balaban J connectivity index is 2.29. The molecule has 1 aromatic heterocycles. The molecule has 0 saturated carbocycles. The summed E-state index contributed by atoms with van der Waals surface area (Å²) < 4.78 is 14.3. The molecule has 1 heterocycles. The standard InChI is InChI=1S/C13H10BrFN2O/c1-17(12-5-3-2-4-10(12)15)13(18)11-7-6-9(14)8-16-11/h2-8H,1H3. The van der Waals surface area contributed by atoms with Crippen molar-refractivity contribution in [1.82, 2.24) is 4.98 Å². The summed E-state index contributed by atoms with van der Waals surface area (Å²) in [6.45, 7) is 0. The Kier molecular flexibility index (Phi) is 3.72. The van der Waals surface area contributed by atoms with Crippen LogP contribution in [0.25, 0.3) is 0 Å². The molecule has 1 amide bonds. The Bertz CT molecular complexity index is 571. The number of aromatic nitrogens is 1. The zero-order chi connectivity index (χ0) is 13.1. The largest absolute Gasteiger partial charge is 0.307 e. The lowest BCUT2D eigenvalue weighted by Gasteiger charge is -2.17. The summed E-state index contributed by atoms with van der Waals surface area (Å²) in [4.78, 5) is 17.3. The minimum Gasteiger partial charge on any atom is -0.307 e. The molecule has 0 radical (unpaired) electrons. The van der Waals surface area contributed by atoms with Gasteiger partial charge in [-0.05, 0) is 40.2 Å². The molecule has 2 aromatic rings. The Morgan fingerprint density at radius 3 is 2.61 bits per heavy atom. The smallest absolute Gasteiger partial charge is 0.276 e. The lowest BCUT2D eigenvalue weighted by atomic mass is 10.2. The number of amides is 1. The summed E-state index contributed by atoms with van der Waals surface area (Å²) in [5, 5.41) is 0. The zero-order valence-electron chi connectivity index (χ0n) is 9.60. The fourth-order valence-electron chi connectivity index (χ4n) is 1.51. The molecule has 3 nitrogen and oxygen atoms in total. The SMILES string of the molecule is CN(C(=O)c1ccc(Br)cn1)c1ccccc1F. The molecule has 0 unspecified atom stereocenters. The minimum atomic E-state index is -0.439. The summed E-state index contributed by atoms with van der Waals surface area (Å²) in [6.07, 6.45) is 1.53. The van der Waals surface area contributed by atoms with E-state index in [0.717, 1.165) is 4.47 Å². The number of pyridine rings is 1. The number of hydrogen-bond donors (Lipinski definition) is 0. The van der Waals surface area contributed by atoms with Crippen molar-refractivity contribution in [3.8, 4) is 0 Å². The second-order valence-electron chi connectivity index (χ2n) is 3.68. The van der Waals surface area contributed by atoms with E-state index in [0.29, 0.717) is 0 Å². The van der Waals surface area contributed by atoms with Crippen LogP contribution in [0.5, 0.6) is 0 Å². The van der Waals surface area contributed by atoms with Crippen molar-refractivity contribution >= 4 is 27.5 Å². The first-order valence-corrected chi connectivity index (χ1v) is 6.03. The van der Waals surface area contributed by atoms with Crippen molar-refractivity contribution in [2.45, 2.75) is 0 Å². The number of hydrogen-bond acceptors (Lipinski definition) is 2. The third-order valence-electron chi connectivity index (χ3n) is 2.46. The predicted octanol–water partition coefficient (Wildman–Crippen LogP) is 3.26. The molecule has 0 N–H and O–H groups in total. The highest BCUT2D eigenvalue weighted by atomic mass is 79.9. The molecule has 18 heavy (non-hydrogen) atoms. The van der Waals surface area contributed by atoms with Crippen molar-refractivity contribution in [2.24, 2.45) is 0 Å². The molecular weight excluding hydrogens is 299 g/mol. The zero-order valence-corrected chi connectivity index (χ0v) is 11.2. The van der Waals surface area contributed by atoms with Gasteiger partial charge in [0.25, 0.3) is 5.91 Å². The summed E-state index contributed by atoms with van der Waals surface area (Å²) in [5.41, 5.74) is 0.496. The fraction of sp³-hybridized carbons (Fsp3) is 0.0769. The van der Waals surface area contributed by atoms with Gasteiger partial charge < -0.3 is 4.90 Å². The van der Waals surface area contributed by atoms with E-state index in [1.807, 2.05) is 0 Å². The molecule has 0 aliphatic carbocycles. The Labute approximate surface area is 112 Å². The fourth-order valence-corrected chi connectivity index (χ4v) is 1.74. The monoisotopic (exact) mass is 308 g/mol. The maximum Gasteiger partial charge on any atom is 0.276 e. The molecule has 0 bridgehead atoms. The number of carbonyl (C=O) groups excluding carboxylic acids is 1. The van der Waals surface area contributed by atoms with Crippen LogP contribution in [0.4, 0.5) is 10.1 Å². The third-order valence-corrected chi connectivity index (χ3v) is 2.93. The number of anilines is 1. The molecule has 2 rings (SSSR count). The van der Waals surface area contributed by atoms with E-state index >= 15 is 0 Å².